The lowest BCUT2D eigenvalue weighted by atomic mass is 10.2. The zero-order chi connectivity index (χ0) is 7.84. The molecule has 0 N–H and O–H groups in total. The Bertz CT molecular complexity index is 277. The Labute approximate surface area is 66.7 Å². The van der Waals surface area contributed by atoms with Gasteiger partial charge in [0.15, 0.2) is 0 Å². The van der Waals surface area contributed by atoms with E-state index in [4.69, 9.17) is 0 Å². The van der Waals surface area contributed by atoms with Crippen LogP contribution in [-0.4, -0.2) is 9.97 Å². The Kier molecular flexibility index (Phi) is 1.41. The van der Waals surface area contributed by atoms with E-state index in [0.717, 1.165) is 17.1 Å². The standard InChI is InChI=1S/C9H11N2/c1-6-5-10-9(8-3-4-8)11-7(6)2/h8H,3-4H2,1-2H3. The highest BCUT2D eigenvalue weighted by atomic mass is 14.9. The average molecular weight is 147 g/mol. The Balaban J connectivity index is 2.36. The fraction of sp³-hybridized carbons (Fsp3) is 0.556. The minimum Gasteiger partial charge on any atom is -0.238 e. The van der Waals surface area contributed by atoms with Crippen LogP contribution < -0.4 is 0 Å². The third kappa shape index (κ3) is 1.25. The lowest BCUT2D eigenvalue weighted by Crippen LogP contribution is -1.96. The highest BCUT2D eigenvalue weighted by Crippen LogP contribution is 2.37. The molecule has 0 atom stereocenters. The van der Waals surface area contributed by atoms with Crippen LogP contribution in [0, 0.1) is 20.0 Å². The van der Waals surface area contributed by atoms with E-state index in [1.807, 2.05) is 13.8 Å². The van der Waals surface area contributed by atoms with Crippen LogP contribution in [0.4, 0.5) is 0 Å². The molecule has 1 aliphatic carbocycles. The Morgan fingerprint density at radius 1 is 1.36 bits per heavy atom. The average Bonchev–Trinajstić information content (AvgIpc) is 2.77. The third-order valence-electron chi connectivity index (χ3n) is 2.11. The second-order valence-electron chi connectivity index (χ2n) is 3.18. The molecule has 0 aromatic carbocycles. The van der Waals surface area contributed by atoms with Crippen LogP contribution in [0.1, 0.15) is 35.8 Å². The van der Waals surface area contributed by atoms with Gasteiger partial charge in [-0.1, -0.05) is 0 Å². The van der Waals surface area contributed by atoms with Crippen LogP contribution in [0.3, 0.4) is 0 Å². The molecule has 57 valence electrons. The van der Waals surface area contributed by atoms with Crippen LogP contribution >= 0.6 is 0 Å². The van der Waals surface area contributed by atoms with Gasteiger partial charge in [0.05, 0.1) is 6.20 Å². The molecule has 0 amide bonds. The fourth-order valence-electron chi connectivity index (χ4n) is 1.03. The zero-order valence-corrected chi connectivity index (χ0v) is 6.89. The van der Waals surface area contributed by atoms with Gasteiger partial charge in [-0.05, 0) is 32.3 Å². The first-order valence-corrected chi connectivity index (χ1v) is 4.00. The summed E-state index contributed by atoms with van der Waals surface area (Å²) in [4.78, 5) is 8.56. The lowest BCUT2D eigenvalue weighted by Gasteiger charge is -1.99. The molecule has 1 saturated carbocycles. The molecule has 1 radical (unpaired) electrons. The summed E-state index contributed by atoms with van der Waals surface area (Å²) in [6.45, 7) is 4.01. The first-order chi connectivity index (χ1) is 5.27. The second-order valence-corrected chi connectivity index (χ2v) is 3.18. The predicted molar refractivity (Wildman–Crippen MR) is 42.3 cm³/mol. The first-order valence-electron chi connectivity index (χ1n) is 4.00. The molecule has 0 unspecified atom stereocenters. The van der Waals surface area contributed by atoms with Gasteiger partial charge in [-0.25, -0.2) is 9.97 Å². The van der Waals surface area contributed by atoms with Gasteiger partial charge in [-0.3, -0.25) is 0 Å². The molecular weight excluding hydrogens is 136 g/mol. The van der Waals surface area contributed by atoms with Crippen LogP contribution in [-0.2, 0) is 0 Å². The van der Waals surface area contributed by atoms with Gasteiger partial charge in [-0.15, -0.1) is 0 Å². The minimum absolute atomic E-state index is 0.644. The van der Waals surface area contributed by atoms with Gasteiger partial charge in [0.2, 0.25) is 0 Å². The van der Waals surface area contributed by atoms with Gasteiger partial charge in [0.25, 0.3) is 0 Å². The second kappa shape index (κ2) is 2.29. The Morgan fingerprint density at radius 3 is 2.64 bits per heavy atom. The maximum atomic E-state index is 4.39. The van der Waals surface area contributed by atoms with E-state index in [9.17, 15) is 0 Å². The third-order valence-corrected chi connectivity index (χ3v) is 2.11. The van der Waals surface area contributed by atoms with Crippen molar-refractivity contribution < 1.29 is 0 Å². The van der Waals surface area contributed by atoms with E-state index >= 15 is 0 Å². The molecule has 0 saturated heterocycles. The molecule has 0 spiro atoms. The van der Waals surface area contributed by atoms with Crippen molar-refractivity contribution in [1.82, 2.24) is 9.97 Å². The predicted octanol–water partition coefficient (Wildman–Crippen LogP) is 1.77. The summed E-state index contributed by atoms with van der Waals surface area (Å²) in [5.74, 6) is 1.64. The quantitative estimate of drug-likeness (QED) is 0.605. The van der Waals surface area contributed by atoms with Crippen molar-refractivity contribution in [1.29, 1.82) is 0 Å². The molecular formula is C9H11N2. The molecule has 11 heavy (non-hydrogen) atoms. The lowest BCUT2D eigenvalue weighted by molar-refractivity contribution is 0.889. The van der Waals surface area contributed by atoms with Crippen molar-refractivity contribution in [2.45, 2.75) is 32.6 Å². The smallest absolute Gasteiger partial charge is 0.132 e. The molecule has 1 heterocycles. The molecule has 0 aliphatic heterocycles. The molecule has 1 aliphatic rings. The topological polar surface area (TPSA) is 25.8 Å². The first kappa shape index (κ1) is 6.77. The monoisotopic (exact) mass is 147 g/mol. The Morgan fingerprint density at radius 2 is 2.09 bits per heavy atom. The van der Waals surface area contributed by atoms with Gasteiger partial charge >= 0.3 is 0 Å². The molecule has 1 aromatic rings. The van der Waals surface area contributed by atoms with E-state index in [1.165, 1.54) is 12.8 Å². The fourth-order valence-corrected chi connectivity index (χ4v) is 1.03. The summed E-state index contributed by atoms with van der Waals surface area (Å²) in [7, 11) is 0. The number of rotatable bonds is 1. The number of aromatic nitrogens is 2. The number of hydrogen-bond acceptors (Lipinski definition) is 2. The van der Waals surface area contributed by atoms with Gasteiger partial charge < -0.3 is 0 Å². The summed E-state index contributed by atoms with van der Waals surface area (Å²) in [5.41, 5.74) is 2.14. The molecule has 2 rings (SSSR count). The van der Waals surface area contributed by atoms with Crippen LogP contribution in [0.25, 0.3) is 0 Å². The van der Waals surface area contributed by atoms with E-state index in [-0.39, 0.29) is 0 Å². The normalized spacial score (nSPS) is 16.9. The molecule has 1 aromatic heterocycles. The summed E-state index contributed by atoms with van der Waals surface area (Å²) in [6, 6.07) is 0. The largest absolute Gasteiger partial charge is 0.238 e. The van der Waals surface area contributed by atoms with Crippen molar-refractivity contribution in [3.05, 3.63) is 23.3 Å². The number of hydrogen-bond donors (Lipinski definition) is 0. The van der Waals surface area contributed by atoms with Crippen molar-refractivity contribution >= 4 is 0 Å². The van der Waals surface area contributed by atoms with Crippen molar-refractivity contribution in [2.75, 3.05) is 0 Å². The van der Waals surface area contributed by atoms with Crippen molar-refractivity contribution in [3.8, 4) is 0 Å². The number of nitrogens with zero attached hydrogens (tertiary/aromatic N) is 2. The summed E-state index contributed by atoms with van der Waals surface area (Å²) >= 11 is 0. The van der Waals surface area contributed by atoms with Crippen LogP contribution in [0.15, 0.2) is 0 Å². The molecule has 2 nitrogen and oxygen atoms in total. The SMILES string of the molecule is Cc1[c]nc(C2CC2)nc1C. The van der Waals surface area contributed by atoms with E-state index < -0.39 is 0 Å². The molecule has 1 fully saturated rings. The van der Waals surface area contributed by atoms with Crippen LogP contribution in [0.2, 0.25) is 0 Å². The van der Waals surface area contributed by atoms with Gasteiger partial charge in [0, 0.05) is 11.6 Å². The van der Waals surface area contributed by atoms with E-state index in [1.54, 1.807) is 0 Å². The summed E-state index contributed by atoms with van der Waals surface area (Å²) in [5, 5.41) is 0. The highest BCUT2D eigenvalue weighted by Gasteiger charge is 2.26. The molecule has 0 bridgehead atoms. The summed E-state index contributed by atoms with van der Waals surface area (Å²) < 4.78 is 0. The zero-order valence-electron chi connectivity index (χ0n) is 6.89. The minimum atomic E-state index is 0.644. The highest BCUT2D eigenvalue weighted by molar-refractivity contribution is 5.15. The maximum Gasteiger partial charge on any atom is 0.132 e. The van der Waals surface area contributed by atoms with Crippen molar-refractivity contribution in [2.24, 2.45) is 0 Å². The van der Waals surface area contributed by atoms with Gasteiger partial charge in [-0.2, -0.15) is 0 Å². The maximum absolute atomic E-state index is 4.39. The Hall–Kier alpha value is -0.920. The van der Waals surface area contributed by atoms with Gasteiger partial charge in [0.1, 0.15) is 5.82 Å². The van der Waals surface area contributed by atoms with Crippen molar-refractivity contribution in [3.63, 3.8) is 0 Å². The van der Waals surface area contributed by atoms with E-state index in [2.05, 4.69) is 16.2 Å². The van der Waals surface area contributed by atoms with Crippen LogP contribution in [0.5, 0.6) is 0 Å². The summed E-state index contributed by atoms with van der Waals surface area (Å²) in [6.07, 6.45) is 5.50. The number of aryl methyl sites for hydroxylation is 2. The molecule has 2 heteroatoms. The van der Waals surface area contributed by atoms with E-state index in [0.29, 0.717) is 5.92 Å².